The molecule has 2 N–H and O–H groups in total. The Morgan fingerprint density at radius 1 is 1.17 bits per heavy atom. The number of nitrogens with zero attached hydrogens (tertiary/aromatic N) is 1. The molecule has 0 unspecified atom stereocenters. The standard InChI is InChI=1S/C18H18N2O2S/c1-12(18-20-14-9-5-6-10-15(14)23-18)11-19-17(22)16(21)13-7-3-2-4-8-13/h2-10,12,16,21H,11H2,1H3,(H,19,22)/t12-,16-/m1/s1. The Kier molecular flexibility index (Phi) is 4.69. The fourth-order valence-corrected chi connectivity index (χ4v) is 3.34. The molecule has 5 heteroatoms. The van der Waals surface area contributed by atoms with Crippen molar-refractivity contribution < 1.29 is 9.90 Å². The Morgan fingerprint density at radius 2 is 1.87 bits per heavy atom. The minimum atomic E-state index is -1.14. The molecule has 0 radical (unpaired) electrons. The molecular formula is C18H18N2O2S. The van der Waals surface area contributed by atoms with Crippen LogP contribution in [0.2, 0.25) is 0 Å². The van der Waals surface area contributed by atoms with Crippen molar-refractivity contribution >= 4 is 27.5 Å². The largest absolute Gasteiger partial charge is 0.378 e. The predicted molar refractivity (Wildman–Crippen MR) is 92.4 cm³/mol. The highest BCUT2D eigenvalue weighted by Gasteiger charge is 2.18. The average molecular weight is 326 g/mol. The lowest BCUT2D eigenvalue weighted by Crippen LogP contribution is -2.32. The Morgan fingerprint density at radius 3 is 2.61 bits per heavy atom. The first-order chi connectivity index (χ1) is 11.1. The number of para-hydroxylation sites is 1. The van der Waals surface area contributed by atoms with Gasteiger partial charge in [0.25, 0.3) is 5.91 Å². The average Bonchev–Trinajstić information content (AvgIpc) is 3.03. The van der Waals surface area contributed by atoms with Crippen LogP contribution in [-0.2, 0) is 4.79 Å². The molecular weight excluding hydrogens is 308 g/mol. The number of rotatable bonds is 5. The van der Waals surface area contributed by atoms with Gasteiger partial charge in [0, 0.05) is 12.5 Å². The van der Waals surface area contributed by atoms with Gasteiger partial charge in [-0.25, -0.2) is 4.98 Å². The number of amides is 1. The van der Waals surface area contributed by atoms with Gasteiger partial charge in [-0.2, -0.15) is 0 Å². The molecule has 4 nitrogen and oxygen atoms in total. The summed E-state index contributed by atoms with van der Waals surface area (Å²) >= 11 is 1.64. The lowest BCUT2D eigenvalue weighted by atomic mass is 10.1. The summed E-state index contributed by atoms with van der Waals surface area (Å²) < 4.78 is 1.14. The van der Waals surface area contributed by atoms with Gasteiger partial charge in [-0.1, -0.05) is 49.4 Å². The van der Waals surface area contributed by atoms with Crippen molar-refractivity contribution in [1.29, 1.82) is 0 Å². The first-order valence-corrected chi connectivity index (χ1v) is 8.33. The van der Waals surface area contributed by atoms with Gasteiger partial charge in [-0.15, -0.1) is 11.3 Å². The van der Waals surface area contributed by atoms with E-state index >= 15 is 0 Å². The fraction of sp³-hybridized carbons (Fsp3) is 0.222. The summed E-state index contributed by atoms with van der Waals surface area (Å²) in [7, 11) is 0. The fourth-order valence-electron chi connectivity index (χ4n) is 2.33. The Bertz CT molecular complexity index is 768. The third-order valence-corrected chi connectivity index (χ3v) is 4.95. The molecule has 0 bridgehead atoms. The van der Waals surface area contributed by atoms with E-state index in [2.05, 4.69) is 10.3 Å². The molecule has 0 aliphatic carbocycles. The normalized spacial score (nSPS) is 13.7. The molecule has 2 aromatic carbocycles. The Hall–Kier alpha value is -2.24. The maximum absolute atomic E-state index is 12.1. The number of aromatic nitrogens is 1. The zero-order chi connectivity index (χ0) is 16.2. The van der Waals surface area contributed by atoms with Crippen molar-refractivity contribution in [2.75, 3.05) is 6.54 Å². The number of hydrogen-bond acceptors (Lipinski definition) is 4. The highest BCUT2D eigenvalue weighted by atomic mass is 32.1. The molecule has 23 heavy (non-hydrogen) atoms. The summed E-state index contributed by atoms with van der Waals surface area (Å²) in [6, 6.07) is 16.9. The van der Waals surface area contributed by atoms with Crippen LogP contribution < -0.4 is 5.32 Å². The van der Waals surface area contributed by atoms with Crippen LogP contribution in [0.3, 0.4) is 0 Å². The van der Waals surface area contributed by atoms with Gasteiger partial charge in [0.15, 0.2) is 6.10 Å². The topological polar surface area (TPSA) is 62.2 Å². The lowest BCUT2D eigenvalue weighted by molar-refractivity contribution is -0.129. The Labute approximate surface area is 138 Å². The minimum Gasteiger partial charge on any atom is -0.378 e. The van der Waals surface area contributed by atoms with Crippen LogP contribution in [0.4, 0.5) is 0 Å². The maximum atomic E-state index is 12.1. The molecule has 2 atom stereocenters. The third-order valence-electron chi connectivity index (χ3n) is 3.68. The Balaban J connectivity index is 1.62. The van der Waals surface area contributed by atoms with Crippen LogP contribution >= 0.6 is 11.3 Å². The molecule has 0 spiro atoms. The summed E-state index contributed by atoms with van der Waals surface area (Å²) in [4.78, 5) is 16.7. The van der Waals surface area contributed by atoms with Gasteiger partial charge in [0.05, 0.1) is 15.2 Å². The van der Waals surface area contributed by atoms with Gasteiger partial charge in [-0.05, 0) is 17.7 Å². The second-order valence-corrected chi connectivity index (χ2v) is 6.54. The highest BCUT2D eigenvalue weighted by molar-refractivity contribution is 7.18. The number of aliphatic hydroxyl groups excluding tert-OH is 1. The maximum Gasteiger partial charge on any atom is 0.253 e. The molecule has 0 saturated carbocycles. The van der Waals surface area contributed by atoms with E-state index in [-0.39, 0.29) is 11.8 Å². The number of carbonyl (C=O) groups excluding carboxylic acids is 1. The van der Waals surface area contributed by atoms with Crippen LogP contribution in [-0.4, -0.2) is 22.5 Å². The lowest BCUT2D eigenvalue weighted by Gasteiger charge is -2.14. The number of aliphatic hydroxyl groups is 1. The van der Waals surface area contributed by atoms with E-state index in [4.69, 9.17) is 0 Å². The number of benzene rings is 2. The van der Waals surface area contributed by atoms with Gasteiger partial charge in [0.1, 0.15) is 0 Å². The molecule has 1 amide bonds. The summed E-state index contributed by atoms with van der Waals surface area (Å²) in [5.41, 5.74) is 1.58. The van der Waals surface area contributed by atoms with E-state index in [0.717, 1.165) is 15.2 Å². The first kappa shape index (κ1) is 15.6. The van der Waals surface area contributed by atoms with Crippen LogP contribution in [0.5, 0.6) is 0 Å². The van der Waals surface area contributed by atoms with Crippen LogP contribution in [0, 0.1) is 0 Å². The van der Waals surface area contributed by atoms with Crippen molar-refractivity contribution in [2.45, 2.75) is 18.9 Å². The summed E-state index contributed by atoms with van der Waals surface area (Å²) in [5.74, 6) is -0.288. The van der Waals surface area contributed by atoms with Crippen molar-refractivity contribution in [3.05, 3.63) is 65.2 Å². The summed E-state index contributed by atoms with van der Waals surface area (Å²) in [6.07, 6.45) is -1.14. The van der Waals surface area contributed by atoms with E-state index in [9.17, 15) is 9.90 Å². The molecule has 0 saturated heterocycles. The number of carbonyl (C=O) groups is 1. The van der Waals surface area contributed by atoms with Crippen LogP contribution in [0.1, 0.15) is 29.5 Å². The molecule has 118 valence electrons. The van der Waals surface area contributed by atoms with Crippen molar-refractivity contribution in [1.82, 2.24) is 10.3 Å². The van der Waals surface area contributed by atoms with E-state index in [1.54, 1.807) is 35.6 Å². The van der Waals surface area contributed by atoms with Gasteiger partial charge in [-0.3, -0.25) is 4.79 Å². The smallest absolute Gasteiger partial charge is 0.253 e. The summed E-state index contributed by atoms with van der Waals surface area (Å²) in [5, 5.41) is 13.8. The predicted octanol–water partition coefficient (Wildman–Crippen LogP) is 3.25. The van der Waals surface area contributed by atoms with E-state index in [1.807, 2.05) is 37.3 Å². The number of nitrogens with one attached hydrogen (secondary N) is 1. The van der Waals surface area contributed by atoms with Gasteiger partial charge in [0.2, 0.25) is 0 Å². The second-order valence-electron chi connectivity index (χ2n) is 5.48. The van der Waals surface area contributed by atoms with Crippen LogP contribution in [0.25, 0.3) is 10.2 Å². The van der Waals surface area contributed by atoms with E-state index < -0.39 is 6.10 Å². The number of hydrogen-bond donors (Lipinski definition) is 2. The number of thiazole rings is 1. The highest BCUT2D eigenvalue weighted by Crippen LogP contribution is 2.27. The van der Waals surface area contributed by atoms with E-state index in [0.29, 0.717) is 12.1 Å². The summed E-state index contributed by atoms with van der Waals surface area (Å²) in [6.45, 7) is 2.47. The molecule has 1 heterocycles. The molecule has 0 aliphatic rings. The van der Waals surface area contributed by atoms with Crippen molar-refractivity contribution in [3.8, 4) is 0 Å². The first-order valence-electron chi connectivity index (χ1n) is 7.51. The van der Waals surface area contributed by atoms with Crippen molar-refractivity contribution in [2.24, 2.45) is 0 Å². The van der Waals surface area contributed by atoms with E-state index in [1.165, 1.54) is 0 Å². The quantitative estimate of drug-likeness (QED) is 0.756. The number of fused-ring (bicyclic) bond motifs is 1. The SMILES string of the molecule is C[C@H](CNC(=O)[C@H](O)c1ccccc1)c1nc2ccccc2s1. The molecule has 3 aromatic rings. The molecule has 0 aliphatic heterocycles. The zero-order valence-corrected chi connectivity index (χ0v) is 13.6. The molecule has 3 rings (SSSR count). The second kappa shape index (κ2) is 6.89. The van der Waals surface area contributed by atoms with Gasteiger partial charge >= 0.3 is 0 Å². The monoisotopic (exact) mass is 326 g/mol. The van der Waals surface area contributed by atoms with Gasteiger partial charge < -0.3 is 10.4 Å². The third kappa shape index (κ3) is 3.57. The van der Waals surface area contributed by atoms with Crippen molar-refractivity contribution in [3.63, 3.8) is 0 Å². The molecule has 1 aromatic heterocycles. The van der Waals surface area contributed by atoms with Crippen LogP contribution in [0.15, 0.2) is 54.6 Å². The zero-order valence-electron chi connectivity index (χ0n) is 12.8. The minimum absolute atomic E-state index is 0.0966. The molecule has 0 fully saturated rings.